The summed E-state index contributed by atoms with van der Waals surface area (Å²) >= 11 is 0. The van der Waals surface area contributed by atoms with Gasteiger partial charge in [-0.25, -0.2) is 0 Å². The van der Waals surface area contributed by atoms with Crippen molar-refractivity contribution >= 4 is 0 Å². The van der Waals surface area contributed by atoms with Gasteiger partial charge in [0.15, 0.2) is 0 Å². The summed E-state index contributed by atoms with van der Waals surface area (Å²) in [6.45, 7) is 9.38. The van der Waals surface area contributed by atoms with Crippen molar-refractivity contribution < 1.29 is 0 Å². The van der Waals surface area contributed by atoms with E-state index >= 15 is 0 Å². The van der Waals surface area contributed by atoms with Crippen LogP contribution in [0.15, 0.2) is 22.8 Å². The fourth-order valence-corrected chi connectivity index (χ4v) is 3.24. The molecule has 0 N–H and O–H groups in total. The van der Waals surface area contributed by atoms with Crippen LogP contribution in [0.5, 0.6) is 0 Å². The second-order valence-electron chi connectivity index (χ2n) is 5.77. The predicted molar refractivity (Wildman–Crippen MR) is 66.7 cm³/mol. The highest BCUT2D eigenvalue weighted by molar-refractivity contribution is 5.33. The summed E-state index contributed by atoms with van der Waals surface area (Å²) < 4.78 is 0. The standard InChI is InChI=1S/C15H24/c1-10(2)13-7-5-11(3)14-8-6-12(4)15(14)9-13/h9,11-12,14H,5-8H2,1-4H3. The summed E-state index contributed by atoms with van der Waals surface area (Å²) in [6, 6.07) is 0. The van der Waals surface area contributed by atoms with Crippen molar-refractivity contribution in [1.82, 2.24) is 0 Å². The molecular formula is C15H24. The fraction of sp³-hybridized carbons (Fsp3) is 0.733. The van der Waals surface area contributed by atoms with E-state index in [4.69, 9.17) is 0 Å². The van der Waals surface area contributed by atoms with Crippen LogP contribution in [0.1, 0.15) is 53.4 Å². The van der Waals surface area contributed by atoms with Gasteiger partial charge < -0.3 is 0 Å². The zero-order chi connectivity index (χ0) is 11.0. The molecule has 2 aliphatic rings. The molecule has 2 aliphatic carbocycles. The Kier molecular flexibility index (Phi) is 3.04. The Balaban J connectivity index is 2.36. The molecule has 0 radical (unpaired) electrons. The van der Waals surface area contributed by atoms with Gasteiger partial charge in [0.1, 0.15) is 0 Å². The summed E-state index contributed by atoms with van der Waals surface area (Å²) in [5, 5.41) is 0. The molecule has 3 atom stereocenters. The van der Waals surface area contributed by atoms with Gasteiger partial charge in [0.2, 0.25) is 0 Å². The van der Waals surface area contributed by atoms with Gasteiger partial charge in [0, 0.05) is 0 Å². The van der Waals surface area contributed by atoms with Gasteiger partial charge in [-0.1, -0.05) is 31.1 Å². The van der Waals surface area contributed by atoms with Crippen molar-refractivity contribution in [2.45, 2.75) is 53.4 Å². The molecule has 2 rings (SSSR count). The predicted octanol–water partition coefficient (Wildman–Crippen LogP) is 4.73. The first kappa shape index (κ1) is 11.0. The second kappa shape index (κ2) is 4.15. The molecular weight excluding hydrogens is 180 g/mol. The average molecular weight is 204 g/mol. The average Bonchev–Trinajstić information content (AvgIpc) is 2.43. The van der Waals surface area contributed by atoms with E-state index in [0.29, 0.717) is 0 Å². The molecule has 0 heteroatoms. The highest BCUT2D eigenvalue weighted by Crippen LogP contribution is 2.45. The molecule has 1 fully saturated rings. The fourth-order valence-electron chi connectivity index (χ4n) is 3.24. The van der Waals surface area contributed by atoms with Crippen molar-refractivity contribution in [3.8, 4) is 0 Å². The monoisotopic (exact) mass is 204 g/mol. The summed E-state index contributed by atoms with van der Waals surface area (Å²) in [5.74, 6) is 2.64. The zero-order valence-corrected chi connectivity index (χ0v) is 10.6. The van der Waals surface area contributed by atoms with E-state index in [-0.39, 0.29) is 0 Å². The molecule has 1 saturated carbocycles. The maximum absolute atomic E-state index is 2.54. The zero-order valence-electron chi connectivity index (χ0n) is 10.6. The number of hydrogen-bond acceptors (Lipinski definition) is 0. The maximum Gasteiger partial charge on any atom is -0.0171 e. The minimum atomic E-state index is 0.838. The molecule has 0 aromatic carbocycles. The van der Waals surface area contributed by atoms with Crippen LogP contribution in [0.2, 0.25) is 0 Å². The van der Waals surface area contributed by atoms with Gasteiger partial charge in [-0.05, 0) is 62.9 Å². The quantitative estimate of drug-likeness (QED) is 0.535. The molecule has 0 aromatic rings. The smallest absolute Gasteiger partial charge is 0.0171 e. The van der Waals surface area contributed by atoms with Gasteiger partial charge in [-0.2, -0.15) is 0 Å². The first-order valence-electron chi connectivity index (χ1n) is 6.47. The molecule has 0 heterocycles. The van der Waals surface area contributed by atoms with Gasteiger partial charge in [0.25, 0.3) is 0 Å². The van der Waals surface area contributed by atoms with Crippen molar-refractivity contribution in [1.29, 1.82) is 0 Å². The van der Waals surface area contributed by atoms with E-state index in [2.05, 4.69) is 33.8 Å². The molecule has 3 unspecified atom stereocenters. The minimum Gasteiger partial charge on any atom is -0.0732 e. The summed E-state index contributed by atoms with van der Waals surface area (Å²) in [5.41, 5.74) is 4.90. The Morgan fingerprint density at radius 3 is 2.53 bits per heavy atom. The third-order valence-corrected chi connectivity index (χ3v) is 4.45. The minimum absolute atomic E-state index is 0.838. The highest BCUT2D eigenvalue weighted by Gasteiger charge is 2.32. The van der Waals surface area contributed by atoms with Crippen LogP contribution in [-0.4, -0.2) is 0 Å². The van der Waals surface area contributed by atoms with Crippen LogP contribution < -0.4 is 0 Å². The highest BCUT2D eigenvalue weighted by atomic mass is 14.4. The summed E-state index contributed by atoms with van der Waals surface area (Å²) in [7, 11) is 0. The van der Waals surface area contributed by atoms with Crippen LogP contribution in [0.25, 0.3) is 0 Å². The number of allylic oxidation sites excluding steroid dienone is 4. The summed E-state index contributed by atoms with van der Waals surface area (Å²) in [6.07, 6.45) is 8.08. The largest absolute Gasteiger partial charge is 0.0732 e. The van der Waals surface area contributed by atoms with Crippen LogP contribution in [0.3, 0.4) is 0 Å². The van der Waals surface area contributed by atoms with Crippen molar-refractivity contribution in [2.24, 2.45) is 17.8 Å². The van der Waals surface area contributed by atoms with Gasteiger partial charge in [-0.15, -0.1) is 0 Å². The first-order valence-corrected chi connectivity index (χ1v) is 6.47. The van der Waals surface area contributed by atoms with E-state index in [1.165, 1.54) is 31.3 Å². The van der Waals surface area contributed by atoms with Crippen LogP contribution in [0, 0.1) is 17.8 Å². The van der Waals surface area contributed by atoms with Gasteiger partial charge >= 0.3 is 0 Å². The number of fused-ring (bicyclic) bond motifs is 1. The normalized spacial score (nSPS) is 35.9. The topological polar surface area (TPSA) is 0 Å². The molecule has 84 valence electrons. The Bertz CT molecular complexity index is 302. The Labute approximate surface area is 94.5 Å². The molecule has 0 bridgehead atoms. The van der Waals surface area contributed by atoms with Crippen LogP contribution in [0.4, 0.5) is 0 Å². The van der Waals surface area contributed by atoms with Crippen LogP contribution in [-0.2, 0) is 0 Å². The third kappa shape index (κ3) is 2.04. The number of hydrogen-bond donors (Lipinski definition) is 0. The lowest BCUT2D eigenvalue weighted by Gasteiger charge is -2.18. The van der Waals surface area contributed by atoms with Crippen molar-refractivity contribution in [3.63, 3.8) is 0 Å². The van der Waals surface area contributed by atoms with Crippen molar-refractivity contribution in [2.75, 3.05) is 0 Å². The second-order valence-corrected chi connectivity index (χ2v) is 5.77. The lowest BCUT2D eigenvalue weighted by Crippen LogP contribution is -2.09. The molecule has 0 aromatic heterocycles. The van der Waals surface area contributed by atoms with E-state index in [1.807, 2.05) is 0 Å². The molecule has 0 amide bonds. The van der Waals surface area contributed by atoms with Crippen LogP contribution >= 0.6 is 0 Å². The Morgan fingerprint density at radius 2 is 1.87 bits per heavy atom. The van der Waals surface area contributed by atoms with Crippen molar-refractivity contribution in [3.05, 3.63) is 22.8 Å². The van der Waals surface area contributed by atoms with E-state index < -0.39 is 0 Å². The number of rotatable bonds is 0. The van der Waals surface area contributed by atoms with Gasteiger partial charge in [-0.3, -0.25) is 0 Å². The van der Waals surface area contributed by atoms with E-state index in [0.717, 1.165) is 17.8 Å². The Morgan fingerprint density at radius 1 is 1.13 bits per heavy atom. The molecule has 0 spiro atoms. The first-order chi connectivity index (χ1) is 7.09. The summed E-state index contributed by atoms with van der Waals surface area (Å²) in [4.78, 5) is 0. The maximum atomic E-state index is 2.54. The SMILES string of the molecule is CC(C)=C1C=C2C(C)CCC2C(C)CC1. The molecule has 0 saturated heterocycles. The Hall–Kier alpha value is -0.520. The molecule has 0 aliphatic heterocycles. The lowest BCUT2D eigenvalue weighted by atomic mass is 9.87. The lowest BCUT2D eigenvalue weighted by molar-refractivity contribution is 0.398. The van der Waals surface area contributed by atoms with E-state index in [9.17, 15) is 0 Å². The third-order valence-electron chi connectivity index (χ3n) is 4.45. The molecule has 15 heavy (non-hydrogen) atoms. The molecule has 0 nitrogen and oxygen atoms in total. The van der Waals surface area contributed by atoms with Gasteiger partial charge in [0.05, 0.1) is 0 Å². The van der Waals surface area contributed by atoms with E-state index in [1.54, 1.807) is 11.1 Å².